The fourth-order valence-electron chi connectivity index (χ4n) is 3.31. The molecule has 4 rings (SSSR count). The van der Waals surface area contributed by atoms with Crippen molar-refractivity contribution in [2.75, 3.05) is 7.11 Å². The van der Waals surface area contributed by atoms with Crippen LogP contribution in [-0.2, 0) is 5.75 Å². The summed E-state index contributed by atoms with van der Waals surface area (Å²) in [7, 11) is 1.67. The molecule has 0 atom stereocenters. The molecular weight excluding hydrogens is 414 g/mol. The number of aryl methyl sites for hydroxylation is 2. The molecule has 4 nitrogen and oxygen atoms in total. The molecule has 1 heterocycles. The van der Waals surface area contributed by atoms with Crippen molar-refractivity contribution >= 4 is 23.4 Å². The Labute approximate surface area is 185 Å². The van der Waals surface area contributed by atoms with Gasteiger partial charge in [-0.2, -0.15) is 0 Å². The third-order valence-electron chi connectivity index (χ3n) is 4.94. The van der Waals surface area contributed by atoms with E-state index < -0.39 is 0 Å². The highest BCUT2D eigenvalue weighted by Gasteiger charge is 2.20. The van der Waals surface area contributed by atoms with Gasteiger partial charge in [-0.05, 0) is 49.2 Å². The SMILES string of the molecule is COc1ccccc1-n1c(SCc2cc(C)ccc2C)nnc1-c1ccccc1Cl. The number of ether oxygens (including phenoxy) is 1. The predicted octanol–water partition coefficient (Wildman–Crippen LogP) is 6.51. The van der Waals surface area contributed by atoms with Crippen LogP contribution in [0.2, 0.25) is 5.02 Å². The minimum atomic E-state index is 0.632. The topological polar surface area (TPSA) is 39.9 Å². The van der Waals surface area contributed by atoms with E-state index in [0.717, 1.165) is 27.9 Å². The number of hydrogen-bond donors (Lipinski definition) is 0. The molecule has 0 N–H and O–H groups in total. The standard InChI is InChI=1S/C24H22ClN3OS/c1-16-12-13-17(2)18(14-16)15-30-24-27-26-23(19-8-4-5-9-20(19)25)28(24)21-10-6-7-11-22(21)29-3/h4-14H,15H2,1-3H3. The van der Waals surface area contributed by atoms with Crippen LogP contribution in [0.15, 0.2) is 71.9 Å². The van der Waals surface area contributed by atoms with Gasteiger partial charge < -0.3 is 4.74 Å². The zero-order chi connectivity index (χ0) is 21.1. The minimum absolute atomic E-state index is 0.632. The molecular formula is C24H22ClN3OS. The first-order chi connectivity index (χ1) is 14.6. The lowest BCUT2D eigenvalue weighted by Crippen LogP contribution is -2.02. The van der Waals surface area contributed by atoms with E-state index in [1.807, 2.05) is 53.1 Å². The predicted molar refractivity (Wildman–Crippen MR) is 124 cm³/mol. The Kier molecular flexibility index (Phi) is 6.11. The largest absolute Gasteiger partial charge is 0.495 e. The molecule has 0 aliphatic rings. The van der Waals surface area contributed by atoms with Crippen LogP contribution in [-0.4, -0.2) is 21.9 Å². The van der Waals surface area contributed by atoms with Crippen LogP contribution >= 0.6 is 23.4 Å². The Hall–Kier alpha value is -2.76. The summed E-state index contributed by atoms with van der Waals surface area (Å²) in [5, 5.41) is 10.4. The average Bonchev–Trinajstić information content (AvgIpc) is 3.18. The molecule has 30 heavy (non-hydrogen) atoms. The molecule has 0 saturated carbocycles. The van der Waals surface area contributed by atoms with Gasteiger partial charge in [0.2, 0.25) is 0 Å². The second kappa shape index (κ2) is 8.94. The average molecular weight is 436 g/mol. The smallest absolute Gasteiger partial charge is 0.196 e. The lowest BCUT2D eigenvalue weighted by atomic mass is 10.1. The van der Waals surface area contributed by atoms with Crippen molar-refractivity contribution in [3.63, 3.8) is 0 Å². The second-order valence-corrected chi connectivity index (χ2v) is 8.36. The van der Waals surface area contributed by atoms with E-state index in [2.05, 4.69) is 42.2 Å². The maximum Gasteiger partial charge on any atom is 0.196 e. The highest BCUT2D eigenvalue weighted by molar-refractivity contribution is 7.98. The summed E-state index contributed by atoms with van der Waals surface area (Å²) in [6.45, 7) is 4.25. The molecule has 1 aromatic heterocycles. The Morgan fingerprint density at radius 2 is 1.73 bits per heavy atom. The van der Waals surface area contributed by atoms with E-state index in [1.165, 1.54) is 16.7 Å². The quantitative estimate of drug-likeness (QED) is 0.324. The van der Waals surface area contributed by atoms with Crippen molar-refractivity contribution in [1.82, 2.24) is 14.8 Å². The summed E-state index contributed by atoms with van der Waals surface area (Å²) < 4.78 is 7.65. The number of aromatic nitrogens is 3. The van der Waals surface area contributed by atoms with Crippen molar-refractivity contribution < 1.29 is 4.74 Å². The van der Waals surface area contributed by atoms with Gasteiger partial charge in [0.15, 0.2) is 11.0 Å². The number of halogens is 1. The molecule has 0 fully saturated rings. The molecule has 4 aromatic rings. The number of methoxy groups -OCH3 is 1. The van der Waals surface area contributed by atoms with Crippen molar-refractivity contribution in [1.29, 1.82) is 0 Å². The Balaban J connectivity index is 1.81. The normalized spacial score (nSPS) is 10.9. The summed E-state index contributed by atoms with van der Waals surface area (Å²) >= 11 is 8.14. The van der Waals surface area contributed by atoms with Crippen LogP contribution in [0.25, 0.3) is 17.1 Å². The lowest BCUT2D eigenvalue weighted by molar-refractivity contribution is 0.412. The van der Waals surface area contributed by atoms with Gasteiger partial charge in [0.1, 0.15) is 5.75 Å². The number of rotatable bonds is 6. The van der Waals surface area contributed by atoms with Gasteiger partial charge in [0.25, 0.3) is 0 Å². The van der Waals surface area contributed by atoms with Crippen LogP contribution in [0.4, 0.5) is 0 Å². The van der Waals surface area contributed by atoms with Gasteiger partial charge >= 0.3 is 0 Å². The lowest BCUT2D eigenvalue weighted by Gasteiger charge is -2.14. The highest BCUT2D eigenvalue weighted by Crippen LogP contribution is 2.36. The van der Waals surface area contributed by atoms with Crippen LogP contribution in [0, 0.1) is 13.8 Å². The summed E-state index contributed by atoms with van der Waals surface area (Å²) in [5.74, 6) is 2.23. The van der Waals surface area contributed by atoms with E-state index in [9.17, 15) is 0 Å². The van der Waals surface area contributed by atoms with Crippen molar-refractivity contribution in [2.24, 2.45) is 0 Å². The van der Waals surface area contributed by atoms with Crippen molar-refractivity contribution in [2.45, 2.75) is 24.8 Å². The zero-order valence-electron chi connectivity index (χ0n) is 17.1. The van der Waals surface area contributed by atoms with Crippen molar-refractivity contribution in [3.8, 4) is 22.8 Å². The molecule has 0 amide bonds. The molecule has 152 valence electrons. The van der Waals surface area contributed by atoms with Crippen LogP contribution < -0.4 is 4.74 Å². The number of benzene rings is 3. The van der Waals surface area contributed by atoms with E-state index in [4.69, 9.17) is 16.3 Å². The summed E-state index contributed by atoms with van der Waals surface area (Å²) in [5.41, 5.74) is 5.51. The van der Waals surface area contributed by atoms with E-state index in [0.29, 0.717) is 10.8 Å². The third-order valence-corrected chi connectivity index (χ3v) is 6.24. The molecule has 0 aliphatic heterocycles. The van der Waals surface area contributed by atoms with Crippen LogP contribution in [0.1, 0.15) is 16.7 Å². The number of para-hydroxylation sites is 2. The first kappa shape index (κ1) is 20.5. The molecule has 0 bridgehead atoms. The minimum Gasteiger partial charge on any atom is -0.495 e. The molecule has 0 aliphatic carbocycles. The van der Waals surface area contributed by atoms with Gasteiger partial charge in [-0.25, -0.2) is 0 Å². The first-order valence-electron chi connectivity index (χ1n) is 9.61. The van der Waals surface area contributed by atoms with Crippen molar-refractivity contribution in [3.05, 3.63) is 88.4 Å². The van der Waals surface area contributed by atoms with Gasteiger partial charge in [-0.1, -0.05) is 71.4 Å². The van der Waals surface area contributed by atoms with Gasteiger partial charge in [-0.15, -0.1) is 10.2 Å². The summed E-state index contributed by atoms with van der Waals surface area (Å²) in [4.78, 5) is 0. The molecule has 0 radical (unpaired) electrons. The molecule has 0 saturated heterocycles. The third kappa shape index (κ3) is 4.09. The van der Waals surface area contributed by atoms with E-state index in [-0.39, 0.29) is 0 Å². The maximum atomic E-state index is 6.49. The van der Waals surface area contributed by atoms with E-state index in [1.54, 1.807) is 18.9 Å². The Morgan fingerprint density at radius 1 is 0.967 bits per heavy atom. The fourth-order valence-corrected chi connectivity index (χ4v) is 4.54. The zero-order valence-corrected chi connectivity index (χ0v) is 18.7. The molecule has 6 heteroatoms. The summed E-state index contributed by atoms with van der Waals surface area (Å²) in [6.07, 6.45) is 0. The van der Waals surface area contributed by atoms with Gasteiger partial charge in [-0.3, -0.25) is 4.57 Å². The number of nitrogens with zero attached hydrogens (tertiary/aromatic N) is 3. The first-order valence-corrected chi connectivity index (χ1v) is 11.0. The highest BCUT2D eigenvalue weighted by atomic mass is 35.5. The number of thioether (sulfide) groups is 1. The fraction of sp³-hybridized carbons (Fsp3) is 0.167. The molecule has 3 aromatic carbocycles. The monoisotopic (exact) mass is 435 g/mol. The molecule has 0 unspecified atom stereocenters. The van der Waals surface area contributed by atoms with E-state index >= 15 is 0 Å². The van der Waals surface area contributed by atoms with Crippen LogP contribution in [0.3, 0.4) is 0 Å². The maximum absolute atomic E-state index is 6.49. The summed E-state index contributed by atoms with van der Waals surface area (Å²) in [6, 6.07) is 22.1. The van der Waals surface area contributed by atoms with Gasteiger partial charge in [0, 0.05) is 11.3 Å². The number of hydrogen-bond acceptors (Lipinski definition) is 4. The van der Waals surface area contributed by atoms with Gasteiger partial charge in [0.05, 0.1) is 17.8 Å². The second-order valence-electron chi connectivity index (χ2n) is 7.01. The Morgan fingerprint density at radius 3 is 2.53 bits per heavy atom. The molecule has 0 spiro atoms. The van der Waals surface area contributed by atoms with Crippen LogP contribution in [0.5, 0.6) is 5.75 Å². The Bertz CT molecular complexity index is 1190.